The molecule has 4 heteroatoms. The molecule has 104 valence electrons. The van der Waals surface area contributed by atoms with E-state index in [1.807, 2.05) is 36.7 Å². The predicted molar refractivity (Wildman–Crippen MR) is 82.6 cm³/mol. The first kappa shape index (κ1) is 12.9. The van der Waals surface area contributed by atoms with Crippen LogP contribution in [0.5, 0.6) is 0 Å². The van der Waals surface area contributed by atoms with Crippen LogP contribution in [0.15, 0.2) is 48.8 Å². The summed E-state index contributed by atoms with van der Waals surface area (Å²) in [6.45, 7) is 5.14. The van der Waals surface area contributed by atoms with Crippen molar-refractivity contribution in [2.24, 2.45) is 0 Å². The molecule has 4 nitrogen and oxygen atoms in total. The van der Waals surface area contributed by atoms with Crippen LogP contribution >= 0.6 is 0 Å². The van der Waals surface area contributed by atoms with E-state index in [0.29, 0.717) is 0 Å². The molecule has 0 atom stereocenters. The number of nitrogen functional groups attached to an aromatic ring is 1. The van der Waals surface area contributed by atoms with Crippen molar-refractivity contribution in [2.75, 3.05) is 36.8 Å². The lowest BCUT2D eigenvalue weighted by atomic mass is 10.2. The number of aromatic nitrogens is 1. The molecule has 0 unspecified atom stereocenters. The van der Waals surface area contributed by atoms with Gasteiger partial charge in [-0.25, -0.2) is 0 Å². The molecular formula is C16H20N4. The minimum absolute atomic E-state index is 0.869. The molecule has 0 aliphatic carbocycles. The molecular weight excluding hydrogens is 248 g/mol. The zero-order valence-electron chi connectivity index (χ0n) is 11.6. The lowest BCUT2D eigenvalue weighted by Gasteiger charge is -2.36. The van der Waals surface area contributed by atoms with Gasteiger partial charge in [-0.3, -0.25) is 9.88 Å². The fraction of sp³-hybridized carbons (Fsp3) is 0.312. The molecule has 0 spiro atoms. The van der Waals surface area contributed by atoms with Crippen molar-refractivity contribution in [1.82, 2.24) is 9.88 Å². The Morgan fingerprint density at radius 1 is 1.00 bits per heavy atom. The van der Waals surface area contributed by atoms with Crippen LogP contribution in [-0.2, 0) is 6.54 Å². The van der Waals surface area contributed by atoms with E-state index in [9.17, 15) is 0 Å². The highest BCUT2D eigenvalue weighted by molar-refractivity contribution is 5.67. The predicted octanol–water partition coefficient (Wildman–Crippen LogP) is 1.99. The van der Waals surface area contributed by atoms with E-state index in [4.69, 9.17) is 5.73 Å². The van der Waals surface area contributed by atoms with Gasteiger partial charge in [-0.2, -0.15) is 0 Å². The second-order valence-corrected chi connectivity index (χ2v) is 5.18. The van der Waals surface area contributed by atoms with Crippen LogP contribution in [0.4, 0.5) is 11.4 Å². The van der Waals surface area contributed by atoms with Crippen LogP contribution in [0.25, 0.3) is 0 Å². The van der Waals surface area contributed by atoms with Gasteiger partial charge in [-0.15, -0.1) is 0 Å². The molecule has 2 heterocycles. The van der Waals surface area contributed by atoms with Crippen LogP contribution in [0.2, 0.25) is 0 Å². The van der Waals surface area contributed by atoms with Crippen molar-refractivity contribution in [3.8, 4) is 0 Å². The average molecular weight is 268 g/mol. The molecule has 2 aromatic rings. The number of rotatable bonds is 3. The normalized spacial score (nSPS) is 16.3. The average Bonchev–Trinajstić information content (AvgIpc) is 2.50. The zero-order chi connectivity index (χ0) is 13.8. The maximum absolute atomic E-state index is 6.05. The monoisotopic (exact) mass is 268 g/mol. The summed E-state index contributed by atoms with van der Waals surface area (Å²) in [6.07, 6.45) is 3.77. The Kier molecular flexibility index (Phi) is 3.83. The maximum atomic E-state index is 6.05. The third kappa shape index (κ3) is 2.91. The number of anilines is 2. The van der Waals surface area contributed by atoms with Gasteiger partial charge >= 0.3 is 0 Å². The summed E-state index contributed by atoms with van der Waals surface area (Å²) in [5, 5.41) is 0. The Balaban J connectivity index is 1.59. The van der Waals surface area contributed by atoms with Crippen LogP contribution in [-0.4, -0.2) is 36.1 Å². The SMILES string of the molecule is Nc1ccccc1N1CCN(Cc2cccnc2)CC1. The molecule has 1 fully saturated rings. The van der Waals surface area contributed by atoms with E-state index in [1.54, 1.807) is 0 Å². The van der Waals surface area contributed by atoms with Crippen LogP contribution in [0.3, 0.4) is 0 Å². The number of benzene rings is 1. The van der Waals surface area contributed by atoms with Gasteiger partial charge in [0.05, 0.1) is 11.4 Å². The molecule has 2 N–H and O–H groups in total. The molecule has 0 amide bonds. The van der Waals surface area contributed by atoms with Crippen molar-refractivity contribution in [3.05, 3.63) is 54.4 Å². The number of para-hydroxylation sites is 2. The fourth-order valence-electron chi connectivity index (χ4n) is 2.67. The van der Waals surface area contributed by atoms with E-state index in [0.717, 1.165) is 44.1 Å². The highest BCUT2D eigenvalue weighted by Gasteiger charge is 2.18. The van der Waals surface area contributed by atoms with E-state index in [-0.39, 0.29) is 0 Å². The summed E-state index contributed by atoms with van der Waals surface area (Å²) < 4.78 is 0. The summed E-state index contributed by atoms with van der Waals surface area (Å²) >= 11 is 0. The topological polar surface area (TPSA) is 45.4 Å². The van der Waals surface area contributed by atoms with Crippen LogP contribution in [0.1, 0.15) is 5.56 Å². The Morgan fingerprint density at radius 2 is 1.80 bits per heavy atom. The summed E-state index contributed by atoms with van der Waals surface area (Å²) in [4.78, 5) is 9.01. The Bertz CT molecular complexity index is 547. The van der Waals surface area contributed by atoms with E-state index in [2.05, 4.69) is 26.9 Å². The first-order valence-electron chi connectivity index (χ1n) is 7.03. The largest absolute Gasteiger partial charge is 0.397 e. The molecule has 3 rings (SSSR count). The first-order valence-corrected chi connectivity index (χ1v) is 7.03. The minimum Gasteiger partial charge on any atom is -0.397 e. The third-order valence-electron chi connectivity index (χ3n) is 3.78. The summed E-state index contributed by atoms with van der Waals surface area (Å²) in [6, 6.07) is 12.2. The number of piperazine rings is 1. The summed E-state index contributed by atoms with van der Waals surface area (Å²) in [7, 11) is 0. The molecule has 0 bridgehead atoms. The maximum Gasteiger partial charge on any atom is 0.0600 e. The van der Waals surface area contributed by atoms with Gasteiger partial charge in [0.25, 0.3) is 0 Å². The Labute approximate surface area is 119 Å². The van der Waals surface area contributed by atoms with Gasteiger partial charge in [-0.05, 0) is 23.8 Å². The van der Waals surface area contributed by atoms with Gasteiger partial charge in [0.2, 0.25) is 0 Å². The van der Waals surface area contributed by atoms with Gasteiger partial charge in [-0.1, -0.05) is 18.2 Å². The van der Waals surface area contributed by atoms with E-state index in [1.165, 1.54) is 5.56 Å². The quantitative estimate of drug-likeness (QED) is 0.865. The Morgan fingerprint density at radius 3 is 2.50 bits per heavy atom. The molecule has 1 aliphatic rings. The molecule has 0 radical (unpaired) electrons. The lowest BCUT2D eigenvalue weighted by molar-refractivity contribution is 0.249. The number of nitrogens with zero attached hydrogens (tertiary/aromatic N) is 3. The zero-order valence-corrected chi connectivity index (χ0v) is 11.6. The molecule has 1 aliphatic heterocycles. The molecule has 1 aromatic carbocycles. The van der Waals surface area contributed by atoms with Crippen molar-refractivity contribution < 1.29 is 0 Å². The van der Waals surface area contributed by atoms with Crippen LogP contribution in [0, 0.1) is 0 Å². The van der Waals surface area contributed by atoms with Crippen molar-refractivity contribution in [3.63, 3.8) is 0 Å². The second-order valence-electron chi connectivity index (χ2n) is 5.18. The molecule has 0 saturated carbocycles. The van der Waals surface area contributed by atoms with Gasteiger partial charge in [0, 0.05) is 45.1 Å². The summed E-state index contributed by atoms with van der Waals surface area (Å²) in [5.74, 6) is 0. The molecule has 1 aromatic heterocycles. The van der Waals surface area contributed by atoms with E-state index >= 15 is 0 Å². The van der Waals surface area contributed by atoms with Gasteiger partial charge in [0.15, 0.2) is 0 Å². The standard InChI is InChI=1S/C16H20N4/c17-15-5-1-2-6-16(15)20-10-8-19(9-11-20)13-14-4-3-7-18-12-14/h1-7,12H,8-11,13,17H2. The highest BCUT2D eigenvalue weighted by atomic mass is 15.3. The third-order valence-corrected chi connectivity index (χ3v) is 3.78. The lowest BCUT2D eigenvalue weighted by Crippen LogP contribution is -2.46. The number of pyridine rings is 1. The molecule has 1 saturated heterocycles. The van der Waals surface area contributed by atoms with Gasteiger partial charge < -0.3 is 10.6 Å². The smallest absolute Gasteiger partial charge is 0.0600 e. The van der Waals surface area contributed by atoms with Crippen molar-refractivity contribution >= 4 is 11.4 Å². The fourth-order valence-corrected chi connectivity index (χ4v) is 2.67. The highest BCUT2D eigenvalue weighted by Crippen LogP contribution is 2.23. The van der Waals surface area contributed by atoms with Crippen molar-refractivity contribution in [1.29, 1.82) is 0 Å². The number of hydrogen-bond acceptors (Lipinski definition) is 4. The molecule has 20 heavy (non-hydrogen) atoms. The second kappa shape index (κ2) is 5.92. The number of hydrogen-bond donors (Lipinski definition) is 1. The Hall–Kier alpha value is -2.07. The first-order chi connectivity index (χ1) is 9.83. The number of nitrogens with two attached hydrogens (primary N) is 1. The van der Waals surface area contributed by atoms with Gasteiger partial charge in [0.1, 0.15) is 0 Å². The van der Waals surface area contributed by atoms with Crippen LogP contribution < -0.4 is 10.6 Å². The van der Waals surface area contributed by atoms with Crippen molar-refractivity contribution in [2.45, 2.75) is 6.54 Å². The summed E-state index contributed by atoms with van der Waals surface area (Å²) in [5.41, 5.74) is 9.35. The minimum atomic E-state index is 0.869. The van der Waals surface area contributed by atoms with E-state index < -0.39 is 0 Å².